The smallest absolute Gasteiger partial charge is 0.0833 e. The van der Waals surface area contributed by atoms with Gasteiger partial charge in [-0.1, -0.05) is 13.8 Å². The minimum absolute atomic E-state index is 0.338. The van der Waals surface area contributed by atoms with Crippen LogP contribution in [-0.2, 0) is 4.74 Å². The molecule has 1 nitrogen and oxygen atoms in total. The van der Waals surface area contributed by atoms with E-state index in [1.54, 1.807) is 0 Å². The van der Waals surface area contributed by atoms with Crippen LogP contribution in [0.3, 0.4) is 0 Å². The SMILES string of the molecule is C#CC(C)CCO[CH]CC. The molecule has 0 spiro atoms. The highest BCUT2D eigenvalue weighted by molar-refractivity contribution is 4.89. The molecule has 0 aliphatic heterocycles. The summed E-state index contributed by atoms with van der Waals surface area (Å²) in [4.78, 5) is 0. The van der Waals surface area contributed by atoms with Gasteiger partial charge in [0.15, 0.2) is 0 Å². The van der Waals surface area contributed by atoms with E-state index in [1.165, 1.54) is 0 Å². The van der Waals surface area contributed by atoms with E-state index >= 15 is 0 Å². The maximum Gasteiger partial charge on any atom is 0.0833 e. The molecule has 1 unspecified atom stereocenters. The molecule has 0 saturated carbocycles. The molecule has 0 aromatic carbocycles. The average molecular weight is 139 g/mol. The van der Waals surface area contributed by atoms with Crippen LogP contribution in [0.4, 0.5) is 0 Å². The Kier molecular flexibility index (Phi) is 6.32. The van der Waals surface area contributed by atoms with Crippen molar-refractivity contribution in [3.05, 3.63) is 6.61 Å². The van der Waals surface area contributed by atoms with Crippen LogP contribution in [0.1, 0.15) is 26.7 Å². The standard InChI is InChI=1S/C9H15O/c1-4-7-10-8-6-9(3)5-2/h2,7,9H,4,6,8H2,1,3H3. The van der Waals surface area contributed by atoms with Gasteiger partial charge in [-0.15, -0.1) is 12.3 Å². The number of ether oxygens (including phenoxy) is 1. The first kappa shape index (κ1) is 9.52. The van der Waals surface area contributed by atoms with Crippen LogP contribution in [0.2, 0.25) is 0 Å². The Morgan fingerprint density at radius 3 is 2.90 bits per heavy atom. The summed E-state index contributed by atoms with van der Waals surface area (Å²) in [5, 5.41) is 0. The van der Waals surface area contributed by atoms with E-state index < -0.39 is 0 Å². The van der Waals surface area contributed by atoms with E-state index in [-0.39, 0.29) is 0 Å². The number of hydrogen-bond donors (Lipinski definition) is 0. The molecule has 0 heterocycles. The molecule has 0 fully saturated rings. The summed E-state index contributed by atoms with van der Waals surface area (Å²) in [6.45, 7) is 6.63. The van der Waals surface area contributed by atoms with Gasteiger partial charge in [-0.3, -0.25) is 0 Å². The lowest BCUT2D eigenvalue weighted by molar-refractivity contribution is 0.183. The van der Waals surface area contributed by atoms with Gasteiger partial charge in [0.25, 0.3) is 0 Å². The lowest BCUT2D eigenvalue weighted by Gasteiger charge is -2.02. The Balaban J connectivity index is 2.98. The van der Waals surface area contributed by atoms with Gasteiger partial charge in [-0.05, 0) is 12.8 Å². The molecule has 0 rings (SSSR count). The monoisotopic (exact) mass is 139 g/mol. The second kappa shape index (κ2) is 6.64. The first-order valence-electron chi connectivity index (χ1n) is 3.70. The summed E-state index contributed by atoms with van der Waals surface area (Å²) in [6, 6.07) is 0. The van der Waals surface area contributed by atoms with E-state index in [1.807, 2.05) is 20.5 Å². The third kappa shape index (κ3) is 5.65. The molecule has 0 aromatic heterocycles. The van der Waals surface area contributed by atoms with Crippen molar-refractivity contribution in [1.82, 2.24) is 0 Å². The summed E-state index contributed by atoms with van der Waals surface area (Å²) in [5.74, 6) is 2.99. The van der Waals surface area contributed by atoms with Gasteiger partial charge in [0, 0.05) is 12.5 Å². The first-order valence-corrected chi connectivity index (χ1v) is 3.70. The molecule has 1 heteroatoms. The molecular formula is C9H15O. The Hall–Kier alpha value is -0.480. The number of terminal acetylenes is 1. The minimum Gasteiger partial charge on any atom is -0.375 e. The molecule has 1 atom stereocenters. The molecule has 0 bridgehead atoms. The molecule has 0 aliphatic carbocycles. The van der Waals surface area contributed by atoms with E-state index in [4.69, 9.17) is 11.2 Å². The molecule has 10 heavy (non-hydrogen) atoms. The van der Waals surface area contributed by atoms with Gasteiger partial charge >= 0.3 is 0 Å². The molecular weight excluding hydrogens is 124 g/mol. The van der Waals surface area contributed by atoms with Crippen molar-refractivity contribution in [1.29, 1.82) is 0 Å². The normalized spacial score (nSPS) is 12.5. The Labute approximate surface area is 63.8 Å². The van der Waals surface area contributed by atoms with Gasteiger partial charge in [0.1, 0.15) is 0 Å². The topological polar surface area (TPSA) is 9.23 Å². The predicted molar refractivity (Wildman–Crippen MR) is 43.2 cm³/mol. The second-order valence-corrected chi connectivity index (χ2v) is 2.30. The molecule has 0 N–H and O–H groups in total. The summed E-state index contributed by atoms with van der Waals surface area (Å²) < 4.78 is 5.13. The fraction of sp³-hybridized carbons (Fsp3) is 0.667. The van der Waals surface area contributed by atoms with Crippen LogP contribution >= 0.6 is 0 Å². The van der Waals surface area contributed by atoms with Crippen LogP contribution in [0.15, 0.2) is 0 Å². The van der Waals surface area contributed by atoms with Crippen molar-refractivity contribution in [2.75, 3.05) is 6.61 Å². The highest BCUT2D eigenvalue weighted by Gasteiger charge is 1.94. The number of rotatable bonds is 5. The van der Waals surface area contributed by atoms with Crippen LogP contribution in [0.25, 0.3) is 0 Å². The van der Waals surface area contributed by atoms with Crippen LogP contribution < -0.4 is 0 Å². The van der Waals surface area contributed by atoms with Crippen LogP contribution in [-0.4, -0.2) is 6.61 Å². The van der Waals surface area contributed by atoms with Crippen molar-refractivity contribution < 1.29 is 4.74 Å². The van der Waals surface area contributed by atoms with Crippen LogP contribution in [0, 0.1) is 24.9 Å². The maximum atomic E-state index is 5.17. The quantitative estimate of drug-likeness (QED) is 0.419. The summed E-state index contributed by atoms with van der Waals surface area (Å²) >= 11 is 0. The minimum atomic E-state index is 0.338. The van der Waals surface area contributed by atoms with Gasteiger partial charge in [-0.2, -0.15) is 0 Å². The zero-order valence-corrected chi connectivity index (χ0v) is 6.76. The van der Waals surface area contributed by atoms with Crippen molar-refractivity contribution >= 4 is 0 Å². The Morgan fingerprint density at radius 2 is 2.40 bits per heavy atom. The predicted octanol–water partition coefficient (Wildman–Crippen LogP) is 2.23. The molecule has 0 amide bonds. The van der Waals surface area contributed by atoms with Crippen molar-refractivity contribution in [3.63, 3.8) is 0 Å². The third-order valence-electron chi connectivity index (χ3n) is 1.24. The molecule has 57 valence electrons. The third-order valence-corrected chi connectivity index (χ3v) is 1.24. The Bertz CT molecular complexity index is 102. The highest BCUT2D eigenvalue weighted by Crippen LogP contribution is 2.00. The first-order chi connectivity index (χ1) is 4.81. The van der Waals surface area contributed by atoms with E-state index in [0.29, 0.717) is 5.92 Å². The van der Waals surface area contributed by atoms with Crippen molar-refractivity contribution in [2.24, 2.45) is 5.92 Å². The van der Waals surface area contributed by atoms with E-state index in [2.05, 4.69) is 5.92 Å². The second-order valence-electron chi connectivity index (χ2n) is 2.30. The maximum absolute atomic E-state index is 5.17. The van der Waals surface area contributed by atoms with E-state index in [9.17, 15) is 0 Å². The zero-order valence-electron chi connectivity index (χ0n) is 6.76. The largest absolute Gasteiger partial charge is 0.375 e. The van der Waals surface area contributed by atoms with Gasteiger partial charge < -0.3 is 4.74 Å². The van der Waals surface area contributed by atoms with Gasteiger partial charge in [0.05, 0.1) is 6.61 Å². The highest BCUT2D eigenvalue weighted by atomic mass is 16.5. The molecule has 1 radical (unpaired) electrons. The van der Waals surface area contributed by atoms with Gasteiger partial charge in [-0.25, -0.2) is 0 Å². The fourth-order valence-corrected chi connectivity index (χ4v) is 0.529. The van der Waals surface area contributed by atoms with Crippen molar-refractivity contribution in [2.45, 2.75) is 26.7 Å². The summed E-state index contributed by atoms with van der Waals surface area (Å²) in [7, 11) is 0. The molecule has 0 saturated heterocycles. The van der Waals surface area contributed by atoms with Crippen molar-refractivity contribution in [3.8, 4) is 12.3 Å². The molecule has 0 aliphatic rings. The zero-order chi connectivity index (χ0) is 7.82. The average Bonchev–Trinajstić information content (AvgIpc) is 1.98. The lowest BCUT2D eigenvalue weighted by Crippen LogP contribution is -1.97. The van der Waals surface area contributed by atoms with Gasteiger partial charge in [0.2, 0.25) is 0 Å². The Morgan fingerprint density at radius 1 is 1.70 bits per heavy atom. The summed E-state index contributed by atoms with van der Waals surface area (Å²) in [5.41, 5.74) is 0. The molecule has 0 aromatic rings. The van der Waals surface area contributed by atoms with E-state index in [0.717, 1.165) is 19.4 Å². The number of hydrogen-bond acceptors (Lipinski definition) is 1. The van der Waals surface area contributed by atoms with Crippen LogP contribution in [0.5, 0.6) is 0 Å². The fourth-order valence-electron chi connectivity index (χ4n) is 0.529. The summed E-state index contributed by atoms with van der Waals surface area (Å²) in [6.07, 6.45) is 7.09. The lowest BCUT2D eigenvalue weighted by atomic mass is 10.1.